The van der Waals surface area contributed by atoms with Crippen molar-refractivity contribution in [2.45, 2.75) is 19.8 Å². The van der Waals surface area contributed by atoms with Crippen LogP contribution in [0, 0.1) is 23.1 Å². The van der Waals surface area contributed by atoms with Gasteiger partial charge in [0.2, 0.25) is 17.5 Å². The molecule has 0 aliphatic carbocycles. The van der Waals surface area contributed by atoms with E-state index in [2.05, 4.69) is 22.9 Å². The number of nitrogens with zero attached hydrogens (tertiary/aromatic N) is 3. The van der Waals surface area contributed by atoms with Crippen LogP contribution >= 0.6 is 0 Å². The van der Waals surface area contributed by atoms with Crippen LogP contribution in [0.1, 0.15) is 25.5 Å². The highest BCUT2D eigenvalue weighted by Crippen LogP contribution is 2.31. The van der Waals surface area contributed by atoms with Gasteiger partial charge in [0, 0.05) is 18.7 Å². The fourth-order valence-electron chi connectivity index (χ4n) is 2.72. The lowest BCUT2D eigenvalue weighted by Crippen LogP contribution is -2.34. The number of benzene rings is 1. The summed E-state index contributed by atoms with van der Waals surface area (Å²) < 4.78 is 19.1. The molecule has 5 heteroatoms. The van der Waals surface area contributed by atoms with Crippen LogP contribution in [-0.2, 0) is 0 Å². The minimum Gasteiger partial charge on any atom is -0.419 e. The third-order valence-electron chi connectivity index (χ3n) is 3.73. The van der Waals surface area contributed by atoms with E-state index in [9.17, 15) is 9.65 Å². The van der Waals surface area contributed by atoms with E-state index in [1.54, 1.807) is 12.1 Å². The molecule has 0 radical (unpaired) electrons. The molecule has 1 aromatic carbocycles. The van der Waals surface area contributed by atoms with E-state index in [1.165, 1.54) is 18.6 Å². The monoisotopic (exact) mass is 285 g/mol. The van der Waals surface area contributed by atoms with Gasteiger partial charge in [0.1, 0.15) is 11.9 Å². The molecular weight excluding hydrogens is 269 g/mol. The zero-order valence-electron chi connectivity index (χ0n) is 11.8. The van der Waals surface area contributed by atoms with Crippen LogP contribution in [0.5, 0.6) is 0 Å². The average Bonchev–Trinajstić information content (AvgIpc) is 2.91. The molecule has 4 nitrogen and oxygen atoms in total. The summed E-state index contributed by atoms with van der Waals surface area (Å²) >= 11 is 0. The zero-order chi connectivity index (χ0) is 14.8. The first-order valence-electron chi connectivity index (χ1n) is 7.09. The van der Waals surface area contributed by atoms with Crippen LogP contribution in [0.2, 0.25) is 0 Å². The second-order valence-corrected chi connectivity index (χ2v) is 5.49. The molecule has 0 amide bonds. The number of nitriles is 1. The second-order valence-electron chi connectivity index (χ2n) is 5.49. The highest BCUT2D eigenvalue weighted by atomic mass is 19.1. The molecule has 3 rings (SSSR count). The van der Waals surface area contributed by atoms with Crippen LogP contribution < -0.4 is 4.90 Å². The average molecular weight is 285 g/mol. The van der Waals surface area contributed by atoms with Crippen molar-refractivity contribution >= 4 is 5.88 Å². The van der Waals surface area contributed by atoms with Crippen molar-refractivity contribution in [1.29, 1.82) is 5.26 Å². The summed E-state index contributed by atoms with van der Waals surface area (Å²) in [5.74, 6) is 1.01. The fraction of sp³-hybridized carbons (Fsp3) is 0.375. The van der Waals surface area contributed by atoms with Crippen molar-refractivity contribution < 1.29 is 8.81 Å². The van der Waals surface area contributed by atoms with E-state index in [1.807, 2.05) is 0 Å². The molecule has 1 aromatic heterocycles. The maximum Gasteiger partial charge on any atom is 0.235 e. The lowest BCUT2D eigenvalue weighted by molar-refractivity contribution is 0.422. The molecule has 1 atom stereocenters. The van der Waals surface area contributed by atoms with Gasteiger partial charge in [-0.1, -0.05) is 13.0 Å². The number of rotatable bonds is 2. The van der Waals surface area contributed by atoms with Crippen LogP contribution in [0.15, 0.2) is 28.7 Å². The summed E-state index contributed by atoms with van der Waals surface area (Å²) in [4.78, 5) is 6.26. The standard InChI is InChI=1S/C16H16FN3O/c1-11-4-3-7-20(10-11)16-14(9-18)19-15(21-16)12-5-2-6-13(17)8-12/h2,5-6,8,11H,3-4,7,10H2,1H3/t11-/m0/s1. The van der Waals surface area contributed by atoms with E-state index in [4.69, 9.17) is 4.42 Å². The second kappa shape index (κ2) is 5.57. The molecule has 0 saturated carbocycles. The molecule has 0 spiro atoms. The Bertz CT molecular complexity index is 689. The third-order valence-corrected chi connectivity index (χ3v) is 3.73. The minimum atomic E-state index is -0.350. The lowest BCUT2D eigenvalue weighted by Gasteiger charge is -2.30. The van der Waals surface area contributed by atoms with Gasteiger partial charge < -0.3 is 9.32 Å². The van der Waals surface area contributed by atoms with Crippen molar-refractivity contribution in [3.8, 4) is 17.5 Å². The van der Waals surface area contributed by atoms with Crippen LogP contribution in [0.3, 0.4) is 0 Å². The summed E-state index contributed by atoms with van der Waals surface area (Å²) in [6, 6.07) is 8.12. The molecular formula is C16H16FN3O. The quantitative estimate of drug-likeness (QED) is 0.846. The lowest BCUT2D eigenvalue weighted by atomic mass is 10.0. The SMILES string of the molecule is C[C@H]1CCCN(c2oc(-c3cccc(F)c3)nc2C#N)C1. The molecule has 21 heavy (non-hydrogen) atoms. The molecule has 2 aromatic rings. The van der Waals surface area contributed by atoms with Crippen LogP contribution in [0.25, 0.3) is 11.5 Å². The molecule has 1 aliphatic heterocycles. The fourth-order valence-corrected chi connectivity index (χ4v) is 2.72. The van der Waals surface area contributed by atoms with E-state index in [0.717, 1.165) is 19.5 Å². The Hall–Kier alpha value is -2.35. The normalized spacial score (nSPS) is 18.5. The Kier molecular flexibility index (Phi) is 3.61. The Labute approximate surface area is 122 Å². The molecule has 2 heterocycles. The van der Waals surface area contributed by atoms with Crippen molar-refractivity contribution in [1.82, 2.24) is 4.98 Å². The Morgan fingerprint density at radius 2 is 2.33 bits per heavy atom. The Morgan fingerprint density at radius 1 is 1.48 bits per heavy atom. The topological polar surface area (TPSA) is 53.1 Å². The predicted octanol–water partition coefficient (Wildman–Crippen LogP) is 3.59. The summed E-state index contributed by atoms with van der Waals surface area (Å²) in [5.41, 5.74) is 0.811. The van der Waals surface area contributed by atoms with Gasteiger partial charge in [-0.25, -0.2) is 4.39 Å². The highest BCUT2D eigenvalue weighted by molar-refractivity contribution is 5.59. The summed E-state index contributed by atoms with van der Waals surface area (Å²) in [7, 11) is 0. The van der Waals surface area contributed by atoms with Gasteiger partial charge in [-0.2, -0.15) is 10.2 Å². The van der Waals surface area contributed by atoms with Gasteiger partial charge in [0.05, 0.1) is 0 Å². The van der Waals surface area contributed by atoms with Gasteiger partial charge in [0.15, 0.2) is 0 Å². The first-order chi connectivity index (χ1) is 10.2. The number of oxazole rings is 1. The minimum absolute atomic E-state index is 0.267. The van der Waals surface area contributed by atoms with Crippen molar-refractivity contribution in [3.63, 3.8) is 0 Å². The Morgan fingerprint density at radius 3 is 3.05 bits per heavy atom. The molecule has 1 aliphatic rings. The summed E-state index contributed by atoms with van der Waals surface area (Å²) in [6.45, 7) is 3.89. The first kappa shape index (κ1) is 13.6. The Balaban J connectivity index is 1.97. The number of hydrogen-bond donors (Lipinski definition) is 0. The number of hydrogen-bond acceptors (Lipinski definition) is 4. The maximum atomic E-state index is 13.3. The summed E-state index contributed by atoms with van der Waals surface area (Å²) in [6.07, 6.45) is 2.26. The number of aromatic nitrogens is 1. The van der Waals surface area contributed by atoms with Gasteiger partial charge >= 0.3 is 0 Å². The maximum absolute atomic E-state index is 13.3. The number of anilines is 1. The van der Waals surface area contributed by atoms with E-state index in [0.29, 0.717) is 23.3 Å². The van der Waals surface area contributed by atoms with Gasteiger partial charge in [-0.15, -0.1) is 0 Å². The van der Waals surface area contributed by atoms with Crippen molar-refractivity contribution in [2.24, 2.45) is 5.92 Å². The first-order valence-corrected chi connectivity index (χ1v) is 7.09. The van der Waals surface area contributed by atoms with Crippen molar-refractivity contribution in [2.75, 3.05) is 18.0 Å². The summed E-state index contributed by atoms with van der Waals surface area (Å²) in [5, 5.41) is 9.26. The molecule has 0 unspecified atom stereocenters. The molecule has 1 saturated heterocycles. The predicted molar refractivity (Wildman–Crippen MR) is 77.2 cm³/mol. The van der Waals surface area contributed by atoms with Gasteiger partial charge in [-0.3, -0.25) is 0 Å². The van der Waals surface area contributed by atoms with E-state index >= 15 is 0 Å². The van der Waals surface area contributed by atoms with Gasteiger partial charge in [-0.05, 0) is 37.0 Å². The molecule has 0 N–H and O–H groups in total. The van der Waals surface area contributed by atoms with Crippen LogP contribution in [0.4, 0.5) is 10.3 Å². The molecule has 0 bridgehead atoms. The number of piperidine rings is 1. The van der Waals surface area contributed by atoms with E-state index < -0.39 is 0 Å². The number of halogens is 1. The largest absolute Gasteiger partial charge is 0.419 e. The van der Waals surface area contributed by atoms with Crippen LogP contribution in [-0.4, -0.2) is 18.1 Å². The zero-order valence-corrected chi connectivity index (χ0v) is 11.8. The molecule has 108 valence electrons. The van der Waals surface area contributed by atoms with Crippen molar-refractivity contribution in [3.05, 3.63) is 35.8 Å². The molecule has 1 fully saturated rings. The highest BCUT2D eigenvalue weighted by Gasteiger charge is 2.24. The van der Waals surface area contributed by atoms with E-state index in [-0.39, 0.29) is 11.5 Å². The smallest absolute Gasteiger partial charge is 0.235 e. The third kappa shape index (κ3) is 2.75. The van der Waals surface area contributed by atoms with Gasteiger partial charge in [0.25, 0.3) is 0 Å².